The summed E-state index contributed by atoms with van der Waals surface area (Å²) in [5.74, 6) is -0.930. The van der Waals surface area contributed by atoms with Crippen molar-refractivity contribution < 1.29 is 14.7 Å². The maximum absolute atomic E-state index is 12.0. The van der Waals surface area contributed by atoms with Gasteiger partial charge in [0.25, 0.3) is 11.8 Å². The average Bonchev–Trinajstić information content (AvgIpc) is 2.58. The largest absolute Gasteiger partial charge is 0.508 e. The van der Waals surface area contributed by atoms with Crippen molar-refractivity contribution in [3.05, 3.63) is 59.7 Å². The van der Waals surface area contributed by atoms with E-state index in [2.05, 4.69) is 10.9 Å². The van der Waals surface area contributed by atoms with Crippen LogP contribution in [-0.2, 0) is 0 Å². The van der Waals surface area contributed by atoms with E-state index in [1.807, 2.05) is 31.0 Å². The lowest BCUT2D eigenvalue weighted by Crippen LogP contribution is -2.41. The van der Waals surface area contributed by atoms with E-state index in [-0.39, 0.29) is 11.3 Å². The van der Waals surface area contributed by atoms with Crippen LogP contribution in [0.3, 0.4) is 0 Å². The van der Waals surface area contributed by atoms with Crippen molar-refractivity contribution in [1.29, 1.82) is 0 Å². The number of rotatable bonds is 4. The van der Waals surface area contributed by atoms with Gasteiger partial charge in [-0.05, 0) is 49.4 Å². The number of amides is 2. The highest BCUT2D eigenvalue weighted by Crippen LogP contribution is 2.13. The molecule has 120 valence electrons. The molecule has 2 aromatic carbocycles. The van der Waals surface area contributed by atoms with E-state index < -0.39 is 11.8 Å². The van der Waals surface area contributed by atoms with Gasteiger partial charge < -0.3 is 10.0 Å². The summed E-state index contributed by atoms with van der Waals surface area (Å²) in [4.78, 5) is 25.9. The van der Waals surface area contributed by atoms with E-state index in [1.54, 1.807) is 18.2 Å². The number of nitrogens with zero attached hydrogens (tertiary/aromatic N) is 1. The second-order valence-corrected chi connectivity index (χ2v) is 5.02. The van der Waals surface area contributed by atoms with Crippen LogP contribution in [0.5, 0.6) is 5.75 Å². The Bertz CT molecular complexity index is 698. The number of aromatic hydroxyl groups is 1. The quantitative estimate of drug-likeness (QED) is 0.753. The van der Waals surface area contributed by atoms with E-state index in [1.165, 1.54) is 18.2 Å². The first-order chi connectivity index (χ1) is 11.0. The molecule has 6 heteroatoms. The highest BCUT2D eigenvalue weighted by Gasteiger charge is 2.10. The number of hydrazine groups is 1. The van der Waals surface area contributed by atoms with Crippen molar-refractivity contribution in [3.8, 4) is 5.75 Å². The van der Waals surface area contributed by atoms with Gasteiger partial charge in [0.1, 0.15) is 5.75 Å². The van der Waals surface area contributed by atoms with Gasteiger partial charge in [0.05, 0.1) is 0 Å². The molecule has 0 aliphatic rings. The maximum atomic E-state index is 12.0. The molecule has 0 fully saturated rings. The number of hydrogen-bond acceptors (Lipinski definition) is 4. The lowest BCUT2D eigenvalue weighted by atomic mass is 10.2. The lowest BCUT2D eigenvalue weighted by Gasteiger charge is -2.16. The molecule has 3 N–H and O–H groups in total. The zero-order valence-electron chi connectivity index (χ0n) is 13.0. The van der Waals surface area contributed by atoms with Gasteiger partial charge in [-0.3, -0.25) is 20.4 Å². The highest BCUT2D eigenvalue weighted by atomic mass is 16.3. The Hall–Kier alpha value is -3.02. The van der Waals surface area contributed by atoms with Crippen LogP contribution in [0, 0.1) is 0 Å². The van der Waals surface area contributed by atoms with Crippen molar-refractivity contribution in [1.82, 2.24) is 10.9 Å². The Kier molecular flexibility index (Phi) is 5.19. The predicted molar refractivity (Wildman–Crippen MR) is 88.4 cm³/mol. The summed E-state index contributed by atoms with van der Waals surface area (Å²) in [5, 5.41) is 9.34. The summed E-state index contributed by atoms with van der Waals surface area (Å²) < 4.78 is 0. The second-order valence-electron chi connectivity index (χ2n) is 5.02. The van der Waals surface area contributed by atoms with Crippen LogP contribution >= 0.6 is 0 Å². The number of carbonyl (C=O) groups excluding carboxylic acids is 2. The number of benzene rings is 2. The average molecular weight is 313 g/mol. The van der Waals surface area contributed by atoms with Crippen LogP contribution in [0.2, 0.25) is 0 Å². The molecule has 6 nitrogen and oxygen atoms in total. The molecule has 0 spiro atoms. The van der Waals surface area contributed by atoms with Gasteiger partial charge in [0.15, 0.2) is 0 Å². The van der Waals surface area contributed by atoms with Crippen LogP contribution < -0.4 is 15.8 Å². The summed E-state index contributed by atoms with van der Waals surface area (Å²) in [7, 11) is 1.96. The first-order valence-corrected chi connectivity index (χ1v) is 7.22. The number of phenols is 1. The minimum atomic E-state index is -0.503. The highest BCUT2D eigenvalue weighted by molar-refractivity contribution is 5.99. The minimum Gasteiger partial charge on any atom is -0.508 e. The van der Waals surface area contributed by atoms with Gasteiger partial charge in [-0.15, -0.1) is 0 Å². The monoisotopic (exact) mass is 313 g/mol. The fourth-order valence-electron chi connectivity index (χ4n) is 1.95. The van der Waals surface area contributed by atoms with Crippen LogP contribution in [0.25, 0.3) is 0 Å². The zero-order valence-corrected chi connectivity index (χ0v) is 13.0. The van der Waals surface area contributed by atoms with Gasteiger partial charge in [-0.2, -0.15) is 0 Å². The molecule has 0 saturated heterocycles. The van der Waals surface area contributed by atoms with Gasteiger partial charge in [-0.25, -0.2) is 0 Å². The first-order valence-electron chi connectivity index (χ1n) is 7.22. The van der Waals surface area contributed by atoms with Crippen molar-refractivity contribution in [3.63, 3.8) is 0 Å². The Labute approximate surface area is 134 Å². The molecular formula is C17H19N3O3. The van der Waals surface area contributed by atoms with Gasteiger partial charge in [0.2, 0.25) is 0 Å². The van der Waals surface area contributed by atoms with Crippen molar-refractivity contribution in [2.24, 2.45) is 0 Å². The third kappa shape index (κ3) is 4.23. The van der Waals surface area contributed by atoms with E-state index in [9.17, 15) is 14.7 Å². The van der Waals surface area contributed by atoms with E-state index in [0.29, 0.717) is 5.56 Å². The standard InChI is InChI=1S/C17H19N3O3/c1-3-20(2)14-9-7-12(8-10-14)16(22)18-19-17(23)13-5-4-6-15(21)11-13/h4-11,21H,3H2,1-2H3,(H,18,22)(H,19,23). The number of carbonyl (C=O) groups is 2. The summed E-state index contributed by atoms with van der Waals surface area (Å²) in [5.41, 5.74) is 6.36. The van der Waals surface area contributed by atoms with Crippen molar-refractivity contribution >= 4 is 17.5 Å². The second kappa shape index (κ2) is 7.31. The summed E-state index contributed by atoms with van der Waals surface area (Å²) in [6, 6.07) is 12.9. The zero-order chi connectivity index (χ0) is 16.8. The smallest absolute Gasteiger partial charge is 0.269 e. The maximum Gasteiger partial charge on any atom is 0.269 e. The molecule has 2 aromatic rings. The normalized spacial score (nSPS) is 10.0. The lowest BCUT2D eigenvalue weighted by molar-refractivity contribution is 0.0846. The van der Waals surface area contributed by atoms with Crippen LogP contribution in [-0.4, -0.2) is 30.5 Å². The predicted octanol–water partition coefficient (Wildman–Crippen LogP) is 1.92. The molecule has 0 heterocycles. The number of nitrogens with one attached hydrogen (secondary N) is 2. The fraction of sp³-hybridized carbons (Fsp3) is 0.176. The Balaban J connectivity index is 1.95. The van der Waals surface area contributed by atoms with Crippen LogP contribution in [0.4, 0.5) is 5.69 Å². The van der Waals surface area contributed by atoms with E-state index in [4.69, 9.17) is 0 Å². The summed E-state index contributed by atoms with van der Waals surface area (Å²) in [6.45, 7) is 2.91. The Morgan fingerprint density at radius 3 is 2.17 bits per heavy atom. The first kappa shape index (κ1) is 16.4. The van der Waals surface area contributed by atoms with Gasteiger partial charge in [-0.1, -0.05) is 6.07 Å². The third-order valence-corrected chi connectivity index (χ3v) is 3.44. The third-order valence-electron chi connectivity index (χ3n) is 3.44. The molecule has 23 heavy (non-hydrogen) atoms. The molecule has 0 radical (unpaired) electrons. The van der Waals surface area contributed by atoms with E-state index >= 15 is 0 Å². The molecule has 0 saturated carbocycles. The van der Waals surface area contributed by atoms with Crippen LogP contribution in [0.1, 0.15) is 27.6 Å². The molecule has 2 rings (SSSR count). The van der Waals surface area contributed by atoms with Crippen LogP contribution in [0.15, 0.2) is 48.5 Å². The van der Waals surface area contributed by atoms with Gasteiger partial charge in [0, 0.05) is 30.4 Å². The molecule has 2 amide bonds. The molecule has 0 unspecified atom stereocenters. The molecule has 0 bridgehead atoms. The van der Waals surface area contributed by atoms with Crippen molar-refractivity contribution in [2.75, 3.05) is 18.5 Å². The Morgan fingerprint density at radius 2 is 1.61 bits per heavy atom. The molecular weight excluding hydrogens is 294 g/mol. The van der Waals surface area contributed by atoms with Gasteiger partial charge >= 0.3 is 0 Å². The molecule has 0 aliphatic carbocycles. The van der Waals surface area contributed by atoms with E-state index in [0.717, 1.165) is 12.2 Å². The summed E-state index contributed by atoms with van der Waals surface area (Å²) in [6.07, 6.45) is 0. The topological polar surface area (TPSA) is 81.7 Å². The molecule has 0 aromatic heterocycles. The van der Waals surface area contributed by atoms with Crippen molar-refractivity contribution in [2.45, 2.75) is 6.92 Å². The number of anilines is 1. The number of phenolic OH excluding ortho intramolecular Hbond substituents is 1. The Morgan fingerprint density at radius 1 is 1.00 bits per heavy atom. The fourth-order valence-corrected chi connectivity index (χ4v) is 1.95. The molecule has 0 aliphatic heterocycles. The minimum absolute atomic E-state index is 0.0143. The molecule has 0 atom stereocenters. The number of hydrogen-bond donors (Lipinski definition) is 3. The summed E-state index contributed by atoms with van der Waals surface area (Å²) >= 11 is 0. The SMILES string of the molecule is CCN(C)c1ccc(C(=O)NNC(=O)c2cccc(O)c2)cc1.